The average molecular weight is 210 g/mol. The lowest BCUT2D eigenvalue weighted by Gasteiger charge is -1.99. The molecule has 3 N–H and O–H groups in total. The van der Waals surface area contributed by atoms with E-state index in [0.717, 1.165) is 17.2 Å². The molecule has 6 nitrogen and oxygen atoms in total. The minimum atomic E-state index is 0.241. The molecule has 7 heteroatoms. The summed E-state index contributed by atoms with van der Waals surface area (Å²) in [5.41, 5.74) is 6.75. The van der Waals surface area contributed by atoms with Crippen molar-refractivity contribution in [3.05, 3.63) is 0 Å². The first-order chi connectivity index (χ1) is 6.81. The van der Waals surface area contributed by atoms with Crippen molar-refractivity contribution in [1.29, 1.82) is 0 Å². The second-order valence-corrected chi connectivity index (χ2v) is 3.81. The molecule has 0 atom stereocenters. The molecular formula is C7H10N6S. The highest BCUT2D eigenvalue weighted by Crippen LogP contribution is 2.23. The van der Waals surface area contributed by atoms with Crippen LogP contribution < -0.4 is 5.73 Å². The predicted octanol–water partition coefficient (Wildman–Crippen LogP) is 0.832. The fourth-order valence-corrected chi connectivity index (χ4v) is 1.87. The Morgan fingerprint density at radius 1 is 1.36 bits per heavy atom. The van der Waals surface area contributed by atoms with Crippen LogP contribution in [0.25, 0.3) is 11.2 Å². The Morgan fingerprint density at radius 2 is 2.21 bits per heavy atom. The molecule has 0 fully saturated rings. The number of nitrogens with zero attached hydrogens (tertiary/aromatic N) is 4. The van der Waals surface area contributed by atoms with Gasteiger partial charge in [-0.2, -0.15) is 15.3 Å². The van der Waals surface area contributed by atoms with E-state index in [1.165, 1.54) is 0 Å². The van der Waals surface area contributed by atoms with Gasteiger partial charge in [0, 0.05) is 0 Å². The fourth-order valence-electron chi connectivity index (χ4n) is 1.04. The van der Waals surface area contributed by atoms with Crippen LogP contribution in [-0.2, 0) is 0 Å². The highest BCUT2D eigenvalue weighted by molar-refractivity contribution is 7.99. The summed E-state index contributed by atoms with van der Waals surface area (Å²) in [7, 11) is 0. The van der Waals surface area contributed by atoms with E-state index in [2.05, 4.69) is 32.3 Å². The van der Waals surface area contributed by atoms with Crippen molar-refractivity contribution in [3.8, 4) is 0 Å². The average Bonchev–Trinajstić information content (AvgIpc) is 2.61. The lowest BCUT2D eigenvalue weighted by molar-refractivity contribution is 0.952. The Balaban J connectivity index is 2.44. The normalized spacial score (nSPS) is 10.9. The lowest BCUT2D eigenvalue weighted by atomic mass is 10.5. The van der Waals surface area contributed by atoms with Crippen LogP contribution in [0.15, 0.2) is 5.03 Å². The third-order valence-electron chi connectivity index (χ3n) is 1.61. The summed E-state index contributed by atoms with van der Waals surface area (Å²) in [6.45, 7) is 2.11. The van der Waals surface area contributed by atoms with Crippen molar-refractivity contribution >= 4 is 28.9 Å². The van der Waals surface area contributed by atoms with Gasteiger partial charge in [-0.05, 0) is 12.2 Å². The molecule has 2 aromatic rings. The maximum atomic E-state index is 5.54. The molecule has 2 heterocycles. The van der Waals surface area contributed by atoms with Gasteiger partial charge in [-0.25, -0.2) is 4.98 Å². The van der Waals surface area contributed by atoms with Crippen molar-refractivity contribution in [3.63, 3.8) is 0 Å². The number of aromatic amines is 1. The standard InChI is InChI=1S/C7H10N6S/c1-2-3-14-6-4-5(12-13-11-4)9-7(8)10-6/h2-3H2,1H3,(H3,8,9,10,11,12,13). The molecule has 0 bridgehead atoms. The molecule has 0 unspecified atom stereocenters. The molecule has 0 aliphatic carbocycles. The molecule has 14 heavy (non-hydrogen) atoms. The van der Waals surface area contributed by atoms with Crippen molar-refractivity contribution in [2.45, 2.75) is 18.4 Å². The van der Waals surface area contributed by atoms with Crippen LogP contribution in [0.4, 0.5) is 5.95 Å². The van der Waals surface area contributed by atoms with Crippen molar-refractivity contribution in [2.24, 2.45) is 0 Å². The molecule has 2 rings (SSSR count). The highest BCUT2D eigenvalue weighted by Gasteiger charge is 2.09. The number of thioether (sulfide) groups is 1. The number of H-pyrrole nitrogens is 1. The monoisotopic (exact) mass is 210 g/mol. The molecule has 0 aliphatic rings. The molecule has 2 aromatic heterocycles. The van der Waals surface area contributed by atoms with Crippen LogP contribution in [-0.4, -0.2) is 31.1 Å². The molecule has 0 radical (unpaired) electrons. The molecule has 0 saturated heterocycles. The number of nitrogens with one attached hydrogen (secondary N) is 1. The minimum absolute atomic E-state index is 0.241. The van der Waals surface area contributed by atoms with E-state index in [4.69, 9.17) is 5.73 Å². The van der Waals surface area contributed by atoms with E-state index in [1.54, 1.807) is 11.8 Å². The van der Waals surface area contributed by atoms with Crippen molar-refractivity contribution in [2.75, 3.05) is 11.5 Å². The number of hydrogen-bond acceptors (Lipinski definition) is 6. The fraction of sp³-hybridized carbons (Fsp3) is 0.429. The zero-order valence-corrected chi connectivity index (χ0v) is 8.51. The van der Waals surface area contributed by atoms with E-state index in [0.29, 0.717) is 11.2 Å². The smallest absolute Gasteiger partial charge is 0.223 e. The predicted molar refractivity (Wildman–Crippen MR) is 54.9 cm³/mol. The van der Waals surface area contributed by atoms with Crippen LogP contribution in [0.3, 0.4) is 0 Å². The van der Waals surface area contributed by atoms with Gasteiger partial charge < -0.3 is 5.73 Å². The maximum absolute atomic E-state index is 5.54. The van der Waals surface area contributed by atoms with Gasteiger partial charge in [-0.1, -0.05) is 6.92 Å². The van der Waals surface area contributed by atoms with Crippen LogP contribution in [0.1, 0.15) is 13.3 Å². The second kappa shape index (κ2) is 3.79. The Labute approximate surface area is 84.7 Å². The molecule has 0 saturated carbocycles. The number of anilines is 1. The first kappa shape index (κ1) is 9.20. The highest BCUT2D eigenvalue weighted by atomic mass is 32.2. The maximum Gasteiger partial charge on any atom is 0.223 e. The topological polar surface area (TPSA) is 93.4 Å². The first-order valence-corrected chi connectivity index (χ1v) is 5.26. The van der Waals surface area contributed by atoms with E-state index < -0.39 is 0 Å². The number of aromatic nitrogens is 5. The molecule has 74 valence electrons. The summed E-state index contributed by atoms with van der Waals surface area (Å²) in [6.07, 6.45) is 1.08. The Bertz CT molecular complexity index is 439. The number of nitrogen functional groups attached to an aromatic ring is 1. The van der Waals surface area contributed by atoms with Gasteiger partial charge in [0.1, 0.15) is 5.03 Å². The van der Waals surface area contributed by atoms with Crippen LogP contribution in [0, 0.1) is 0 Å². The molecular weight excluding hydrogens is 200 g/mol. The summed E-state index contributed by atoms with van der Waals surface area (Å²) >= 11 is 1.62. The van der Waals surface area contributed by atoms with Gasteiger partial charge in [-0.3, -0.25) is 0 Å². The van der Waals surface area contributed by atoms with Crippen LogP contribution in [0.5, 0.6) is 0 Å². The SMILES string of the molecule is CCCSc1nc(N)nc2n[nH]nc12. The summed E-state index contributed by atoms with van der Waals surface area (Å²) in [6, 6.07) is 0. The van der Waals surface area contributed by atoms with E-state index in [-0.39, 0.29) is 5.95 Å². The van der Waals surface area contributed by atoms with Crippen LogP contribution >= 0.6 is 11.8 Å². The summed E-state index contributed by atoms with van der Waals surface area (Å²) in [5, 5.41) is 11.1. The number of rotatable bonds is 3. The third-order valence-corrected chi connectivity index (χ3v) is 2.78. The first-order valence-electron chi connectivity index (χ1n) is 4.28. The molecule has 0 aromatic carbocycles. The molecule has 0 amide bonds. The second-order valence-electron chi connectivity index (χ2n) is 2.73. The van der Waals surface area contributed by atoms with Crippen molar-refractivity contribution < 1.29 is 0 Å². The number of hydrogen-bond donors (Lipinski definition) is 2. The van der Waals surface area contributed by atoms with Gasteiger partial charge in [0.25, 0.3) is 0 Å². The van der Waals surface area contributed by atoms with Crippen LogP contribution in [0.2, 0.25) is 0 Å². The van der Waals surface area contributed by atoms with Gasteiger partial charge in [0.15, 0.2) is 5.52 Å². The van der Waals surface area contributed by atoms with Gasteiger partial charge in [0.2, 0.25) is 11.6 Å². The lowest BCUT2D eigenvalue weighted by Crippen LogP contribution is -1.97. The summed E-state index contributed by atoms with van der Waals surface area (Å²) in [5.74, 6) is 1.23. The largest absolute Gasteiger partial charge is 0.368 e. The minimum Gasteiger partial charge on any atom is -0.368 e. The molecule has 0 spiro atoms. The van der Waals surface area contributed by atoms with Gasteiger partial charge in [-0.15, -0.1) is 16.9 Å². The number of fused-ring (bicyclic) bond motifs is 1. The van der Waals surface area contributed by atoms with E-state index >= 15 is 0 Å². The zero-order chi connectivity index (χ0) is 9.97. The summed E-state index contributed by atoms with van der Waals surface area (Å²) in [4.78, 5) is 8.07. The Morgan fingerprint density at radius 3 is 3.00 bits per heavy atom. The summed E-state index contributed by atoms with van der Waals surface area (Å²) < 4.78 is 0. The van der Waals surface area contributed by atoms with E-state index in [9.17, 15) is 0 Å². The third kappa shape index (κ3) is 1.63. The van der Waals surface area contributed by atoms with Crippen molar-refractivity contribution in [1.82, 2.24) is 25.4 Å². The quantitative estimate of drug-likeness (QED) is 0.575. The Kier molecular flexibility index (Phi) is 2.49. The van der Waals surface area contributed by atoms with E-state index in [1.807, 2.05) is 0 Å². The van der Waals surface area contributed by atoms with Gasteiger partial charge >= 0.3 is 0 Å². The molecule has 0 aliphatic heterocycles. The van der Waals surface area contributed by atoms with Gasteiger partial charge in [0.05, 0.1) is 0 Å². The number of nitrogens with two attached hydrogens (primary N) is 1. The zero-order valence-electron chi connectivity index (χ0n) is 7.69. The Hall–Kier alpha value is -1.37.